The molecule has 1 aliphatic heterocycles. The van der Waals surface area contributed by atoms with Gasteiger partial charge < -0.3 is 10.5 Å². The zero-order valence-corrected chi connectivity index (χ0v) is 11.5. The highest BCUT2D eigenvalue weighted by molar-refractivity contribution is 5.85. The van der Waals surface area contributed by atoms with Crippen LogP contribution in [-0.4, -0.2) is 25.0 Å². The number of nitrogens with two attached hydrogens (primary N) is 2. The fraction of sp³-hybridized carbons (Fsp3) is 0.417. The summed E-state index contributed by atoms with van der Waals surface area (Å²) >= 11 is 0. The molecule has 8 heteroatoms. The third-order valence-electron chi connectivity index (χ3n) is 2.97. The van der Waals surface area contributed by atoms with Gasteiger partial charge in [0.2, 0.25) is 0 Å². The van der Waals surface area contributed by atoms with Gasteiger partial charge in [-0.05, 0) is 25.1 Å². The lowest BCUT2D eigenvalue weighted by Crippen LogP contribution is -2.52. The Morgan fingerprint density at radius 3 is 2.55 bits per heavy atom. The Balaban J connectivity index is 0.00000200. The first kappa shape index (κ1) is 16.7. The first-order valence-electron chi connectivity index (χ1n) is 5.60. The number of nitrogen functional groups attached to an aromatic ring is 1. The molecule has 0 unspecified atom stereocenters. The summed E-state index contributed by atoms with van der Waals surface area (Å²) in [5, 5.41) is 0. The molecule has 4 N–H and O–H groups in total. The van der Waals surface area contributed by atoms with Crippen LogP contribution in [0.4, 0.5) is 18.9 Å². The maximum Gasteiger partial charge on any atom is 0.269 e. The minimum Gasteiger partial charge on any atom is -0.399 e. The summed E-state index contributed by atoms with van der Waals surface area (Å²) in [5.41, 5.74) is 7.65. The van der Waals surface area contributed by atoms with Crippen LogP contribution in [0.3, 0.4) is 0 Å². The Morgan fingerprint density at radius 1 is 1.40 bits per heavy atom. The number of hydrogen-bond donors (Lipinski definition) is 2. The summed E-state index contributed by atoms with van der Waals surface area (Å²) in [6.07, 6.45) is -1.89. The quantitative estimate of drug-likeness (QED) is 0.821. The van der Waals surface area contributed by atoms with Crippen LogP contribution in [0, 0.1) is 5.82 Å². The molecule has 2 atom stereocenters. The van der Waals surface area contributed by atoms with Gasteiger partial charge in [-0.25, -0.2) is 13.2 Å². The van der Waals surface area contributed by atoms with Gasteiger partial charge in [0.25, 0.3) is 6.43 Å². The number of rotatable bonds is 2. The van der Waals surface area contributed by atoms with Gasteiger partial charge in [0.15, 0.2) is 5.54 Å². The molecule has 0 aromatic heterocycles. The molecule has 4 nitrogen and oxygen atoms in total. The molecule has 0 amide bonds. The van der Waals surface area contributed by atoms with Crippen LogP contribution in [-0.2, 0) is 10.3 Å². The lowest BCUT2D eigenvalue weighted by atomic mass is 9.89. The zero-order chi connectivity index (χ0) is 14.3. The minimum absolute atomic E-state index is 0. The molecular formula is C12H15ClF3N3O. The van der Waals surface area contributed by atoms with E-state index in [0.29, 0.717) is 0 Å². The van der Waals surface area contributed by atoms with E-state index in [1.165, 1.54) is 13.0 Å². The summed E-state index contributed by atoms with van der Waals surface area (Å²) in [7, 11) is 0. The van der Waals surface area contributed by atoms with Crippen molar-refractivity contribution in [3.63, 3.8) is 0 Å². The first-order valence-corrected chi connectivity index (χ1v) is 5.60. The van der Waals surface area contributed by atoms with Crippen LogP contribution in [0.1, 0.15) is 12.5 Å². The number of ether oxygens (including phenoxy) is 1. The first-order chi connectivity index (χ1) is 8.77. The van der Waals surface area contributed by atoms with Gasteiger partial charge in [-0.3, -0.25) is 10.7 Å². The molecule has 20 heavy (non-hydrogen) atoms. The smallest absolute Gasteiger partial charge is 0.269 e. The van der Waals surface area contributed by atoms with Crippen LogP contribution >= 0.6 is 12.4 Å². The highest BCUT2D eigenvalue weighted by atomic mass is 35.5. The highest BCUT2D eigenvalue weighted by Crippen LogP contribution is 2.38. The Morgan fingerprint density at radius 2 is 2.05 bits per heavy atom. The molecule has 112 valence electrons. The highest BCUT2D eigenvalue weighted by Gasteiger charge is 2.47. The van der Waals surface area contributed by atoms with E-state index in [-0.39, 0.29) is 23.7 Å². The second kappa shape index (κ2) is 5.59. The molecule has 0 saturated carbocycles. The van der Waals surface area contributed by atoms with Crippen molar-refractivity contribution in [3.8, 4) is 0 Å². The van der Waals surface area contributed by atoms with Gasteiger partial charge in [-0.2, -0.15) is 0 Å². The maximum absolute atomic E-state index is 13.8. The van der Waals surface area contributed by atoms with E-state index in [1.54, 1.807) is 0 Å². The molecule has 0 radical (unpaired) electrons. The van der Waals surface area contributed by atoms with Crippen LogP contribution in [0.25, 0.3) is 0 Å². The Labute approximate surface area is 120 Å². The average molecular weight is 310 g/mol. The van der Waals surface area contributed by atoms with Crippen LogP contribution in [0.2, 0.25) is 0 Å². The molecule has 0 bridgehead atoms. The van der Waals surface area contributed by atoms with Gasteiger partial charge in [0, 0.05) is 17.5 Å². The molecule has 0 fully saturated rings. The number of alkyl halides is 2. The van der Waals surface area contributed by atoms with E-state index in [1.807, 2.05) is 0 Å². The van der Waals surface area contributed by atoms with Crippen molar-refractivity contribution in [3.05, 3.63) is 29.6 Å². The number of anilines is 1. The van der Waals surface area contributed by atoms with E-state index >= 15 is 0 Å². The second-order valence-corrected chi connectivity index (χ2v) is 4.69. The van der Waals surface area contributed by atoms with E-state index in [9.17, 15) is 13.2 Å². The van der Waals surface area contributed by atoms with E-state index < -0.39 is 30.1 Å². The zero-order valence-electron chi connectivity index (χ0n) is 10.6. The normalized spacial score (nSPS) is 29.3. The summed E-state index contributed by atoms with van der Waals surface area (Å²) < 4.78 is 45.7. The predicted molar refractivity (Wildman–Crippen MR) is 72.8 cm³/mol. The molecule has 1 aromatic carbocycles. The molecule has 1 heterocycles. The van der Waals surface area contributed by atoms with E-state index in [0.717, 1.165) is 18.3 Å². The topological polar surface area (TPSA) is 73.6 Å². The maximum atomic E-state index is 13.8. The fourth-order valence-electron chi connectivity index (χ4n) is 1.84. The van der Waals surface area contributed by atoms with Crippen molar-refractivity contribution in [2.24, 2.45) is 10.7 Å². The summed E-state index contributed by atoms with van der Waals surface area (Å²) in [5.74, 6) is -0.809. The standard InChI is InChI=1S/C12H14F3N3O.ClH/c1-11(17)5-18-12(6-19-11,10(14)15)8-4-7(16)2-3-9(8)13;/h2-5,10H,6,16-17H2,1H3;1H/t11-,12+;/m1./s1. The fourth-order valence-corrected chi connectivity index (χ4v) is 1.84. The van der Waals surface area contributed by atoms with Crippen molar-refractivity contribution in [1.82, 2.24) is 0 Å². The SMILES string of the molecule is C[C@]1(N)C=N[C@@](c2cc(N)ccc2F)(C(F)F)CO1.Cl. The Kier molecular flexibility index (Phi) is 4.68. The molecule has 1 aromatic rings. The van der Waals surface area contributed by atoms with Crippen LogP contribution < -0.4 is 11.5 Å². The van der Waals surface area contributed by atoms with Gasteiger partial charge in [-0.1, -0.05) is 0 Å². The van der Waals surface area contributed by atoms with Crippen molar-refractivity contribution >= 4 is 24.3 Å². The lowest BCUT2D eigenvalue weighted by molar-refractivity contribution is -0.0669. The van der Waals surface area contributed by atoms with Crippen molar-refractivity contribution < 1.29 is 17.9 Å². The van der Waals surface area contributed by atoms with Crippen molar-refractivity contribution in [1.29, 1.82) is 0 Å². The lowest BCUT2D eigenvalue weighted by Gasteiger charge is -2.37. The van der Waals surface area contributed by atoms with Crippen LogP contribution in [0.15, 0.2) is 23.2 Å². The predicted octanol–water partition coefficient (Wildman–Crippen LogP) is 2.07. The second-order valence-electron chi connectivity index (χ2n) is 4.69. The average Bonchev–Trinajstić information content (AvgIpc) is 2.33. The summed E-state index contributed by atoms with van der Waals surface area (Å²) in [6, 6.07) is 3.46. The van der Waals surface area contributed by atoms with Crippen molar-refractivity contribution in [2.45, 2.75) is 24.6 Å². The molecule has 1 aliphatic rings. The number of benzene rings is 1. The van der Waals surface area contributed by atoms with Crippen molar-refractivity contribution in [2.75, 3.05) is 12.3 Å². The molecule has 0 saturated heterocycles. The van der Waals surface area contributed by atoms with Gasteiger partial charge in [0.05, 0.1) is 6.61 Å². The molecule has 0 aliphatic carbocycles. The summed E-state index contributed by atoms with van der Waals surface area (Å²) in [4.78, 5) is 3.76. The van der Waals surface area contributed by atoms with E-state index in [4.69, 9.17) is 16.2 Å². The largest absolute Gasteiger partial charge is 0.399 e. The van der Waals surface area contributed by atoms with Gasteiger partial charge in [-0.15, -0.1) is 12.4 Å². The van der Waals surface area contributed by atoms with Crippen LogP contribution in [0.5, 0.6) is 0 Å². The Hall–Kier alpha value is -1.31. The van der Waals surface area contributed by atoms with Gasteiger partial charge >= 0.3 is 0 Å². The number of nitrogens with zero attached hydrogens (tertiary/aromatic N) is 1. The third-order valence-corrected chi connectivity index (χ3v) is 2.97. The monoisotopic (exact) mass is 309 g/mol. The van der Waals surface area contributed by atoms with E-state index in [2.05, 4.69) is 4.99 Å². The minimum atomic E-state index is -2.95. The number of hydrogen-bond acceptors (Lipinski definition) is 4. The molecule has 0 spiro atoms. The third kappa shape index (κ3) is 2.89. The Bertz CT molecular complexity index is 525. The number of halogens is 4. The number of aliphatic imine (C=N–C) groups is 1. The summed E-state index contributed by atoms with van der Waals surface area (Å²) in [6.45, 7) is 0.955. The molecular weight excluding hydrogens is 295 g/mol. The van der Waals surface area contributed by atoms with Gasteiger partial charge in [0.1, 0.15) is 11.5 Å². The molecule has 2 rings (SSSR count).